The van der Waals surface area contributed by atoms with Crippen LogP contribution < -0.4 is 5.32 Å². The van der Waals surface area contributed by atoms with Gasteiger partial charge < -0.3 is 5.32 Å². The van der Waals surface area contributed by atoms with Gasteiger partial charge >= 0.3 is 0 Å². The van der Waals surface area contributed by atoms with Gasteiger partial charge in [0.15, 0.2) is 5.17 Å². The third-order valence-corrected chi connectivity index (χ3v) is 8.76. The third-order valence-electron chi connectivity index (χ3n) is 6.21. The fraction of sp³-hybridized carbons (Fsp3) is 0.400. The van der Waals surface area contributed by atoms with Crippen LogP contribution in [0, 0.1) is 13.8 Å². The van der Waals surface area contributed by atoms with Crippen LogP contribution >= 0.6 is 11.8 Å². The van der Waals surface area contributed by atoms with Gasteiger partial charge in [0.2, 0.25) is 11.8 Å². The lowest BCUT2D eigenvalue weighted by Gasteiger charge is -2.30. The van der Waals surface area contributed by atoms with E-state index in [0.717, 1.165) is 55.0 Å². The van der Waals surface area contributed by atoms with Gasteiger partial charge in [-0.25, -0.2) is 0 Å². The molecule has 2 aromatic carbocycles. The fourth-order valence-electron chi connectivity index (χ4n) is 4.30. The van der Waals surface area contributed by atoms with Crippen molar-refractivity contribution in [3.8, 4) is 0 Å². The summed E-state index contributed by atoms with van der Waals surface area (Å²) in [5, 5.41) is 2.33. The highest BCUT2D eigenvalue weighted by Crippen LogP contribution is 2.36. The number of benzene rings is 2. The molecule has 1 atom stereocenters. The van der Waals surface area contributed by atoms with Crippen molar-refractivity contribution < 1.29 is 18.0 Å². The molecule has 9 heteroatoms. The number of hydrogen-bond donors (Lipinski definition) is 1. The van der Waals surface area contributed by atoms with Gasteiger partial charge in [-0.2, -0.15) is 8.42 Å². The molecule has 1 saturated carbocycles. The maximum Gasteiger partial charge on any atom is 0.284 e. The van der Waals surface area contributed by atoms with Crippen molar-refractivity contribution in [2.75, 3.05) is 5.32 Å². The second-order valence-electron chi connectivity index (χ2n) is 8.84. The van der Waals surface area contributed by atoms with Crippen LogP contribution in [0.5, 0.6) is 0 Å². The first-order chi connectivity index (χ1) is 16.2. The van der Waals surface area contributed by atoms with E-state index >= 15 is 0 Å². The largest absolute Gasteiger partial charge is 0.326 e. The Balaban J connectivity index is 1.58. The number of aryl methyl sites for hydroxylation is 2. The number of rotatable bonds is 6. The Morgan fingerprint density at radius 1 is 1.06 bits per heavy atom. The van der Waals surface area contributed by atoms with Crippen molar-refractivity contribution in [2.24, 2.45) is 4.40 Å². The minimum atomic E-state index is -3.99. The van der Waals surface area contributed by atoms with Crippen molar-refractivity contribution in [3.05, 3.63) is 59.7 Å². The summed E-state index contributed by atoms with van der Waals surface area (Å²) in [5.74, 6) is -0.527. The molecule has 2 amide bonds. The summed E-state index contributed by atoms with van der Waals surface area (Å²) >= 11 is 1.07. The minimum absolute atomic E-state index is 0.0509. The summed E-state index contributed by atoms with van der Waals surface area (Å²) in [5.41, 5.74) is 2.57. The van der Waals surface area contributed by atoms with Crippen LogP contribution in [0.4, 0.5) is 5.69 Å². The first-order valence-electron chi connectivity index (χ1n) is 11.5. The van der Waals surface area contributed by atoms with E-state index in [1.165, 1.54) is 12.1 Å². The number of thioether (sulfide) groups is 1. The Kier molecular flexibility index (Phi) is 7.42. The van der Waals surface area contributed by atoms with Crippen molar-refractivity contribution in [2.45, 2.75) is 68.6 Å². The summed E-state index contributed by atoms with van der Waals surface area (Å²) in [6.45, 7) is 3.78. The Labute approximate surface area is 205 Å². The number of nitrogens with zero attached hydrogens (tertiary/aromatic N) is 2. The van der Waals surface area contributed by atoms with Crippen molar-refractivity contribution in [1.29, 1.82) is 0 Å². The highest BCUT2D eigenvalue weighted by Gasteiger charge is 2.43. The number of sulfonamides is 1. The summed E-state index contributed by atoms with van der Waals surface area (Å²) in [6, 6.07) is 13.8. The molecule has 34 heavy (non-hydrogen) atoms. The molecule has 0 radical (unpaired) electrons. The number of carbonyl (C=O) groups is 2. The van der Waals surface area contributed by atoms with Gasteiger partial charge in [-0.3, -0.25) is 14.5 Å². The average molecular weight is 500 g/mol. The Morgan fingerprint density at radius 3 is 2.41 bits per heavy atom. The van der Waals surface area contributed by atoms with Crippen LogP contribution in [0.2, 0.25) is 0 Å². The molecule has 0 bridgehead atoms. The molecule has 2 aliphatic rings. The first-order valence-corrected chi connectivity index (χ1v) is 13.8. The zero-order valence-corrected chi connectivity index (χ0v) is 21.0. The molecule has 7 nitrogen and oxygen atoms in total. The molecule has 180 valence electrons. The molecule has 1 aliphatic carbocycles. The smallest absolute Gasteiger partial charge is 0.284 e. The van der Waals surface area contributed by atoms with Crippen LogP contribution in [0.3, 0.4) is 0 Å². The lowest BCUT2D eigenvalue weighted by Crippen LogP contribution is -2.42. The molecular formula is C25H29N3O4S2. The average Bonchev–Trinajstić information content (AvgIpc) is 3.10. The molecule has 0 spiro atoms. The molecule has 1 N–H and O–H groups in total. The molecule has 1 heterocycles. The number of nitrogens with one attached hydrogen (secondary N) is 1. The second kappa shape index (κ2) is 10.3. The topological polar surface area (TPSA) is 95.9 Å². The zero-order valence-electron chi connectivity index (χ0n) is 19.4. The standard InChI is InChI=1S/C25H29N3O4S2/c1-17-12-14-20(15-13-17)34(31,32)27-25-28(19-9-4-3-5-10-19)24(30)22(33-25)16-23(29)26-21-11-7-6-8-18(21)2/h6-8,11-15,19,22H,3-5,9-10,16H2,1-2H3,(H,26,29). The monoisotopic (exact) mass is 499 g/mol. The molecule has 2 fully saturated rings. The predicted octanol–water partition coefficient (Wildman–Crippen LogP) is 4.65. The number of carbonyl (C=O) groups excluding carboxylic acids is 2. The second-order valence-corrected chi connectivity index (χ2v) is 11.6. The number of anilines is 1. The van der Waals surface area contributed by atoms with Crippen LogP contribution in [0.1, 0.15) is 49.7 Å². The van der Waals surface area contributed by atoms with Gasteiger partial charge in [0.1, 0.15) is 5.25 Å². The van der Waals surface area contributed by atoms with Crippen LogP contribution in [0.25, 0.3) is 0 Å². The van der Waals surface area contributed by atoms with Crippen LogP contribution in [-0.4, -0.2) is 41.6 Å². The number of hydrogen-bond acceptors (Lipinski definition) is 5. The fourth-order valence-corrected chi connectivity index (χ4v) is 6.70. The van der Waals surface area contributed by atoms with E-state index in [0.29, 0.717) is 5.69 Å². The SMILES string of the molecule is Cc1ccc(S(=O)(=O)N=C2SC(CC(=O)Nc3ccccc3C)C(=O)N2C2CCCCC2)cc1. The van der Waals surface area contributed by atoms with E-state index in [-0.39, 0.29) is 34.3 Å². The van der Waals surface area contributed by atoms with Gasteiger partial charge in [-0.05, 0) is 50.5 Å². The van der Waals surface area contributed by atoms with Crippen molar-refractivity contribution in [3.63, 3.8) is 0 Å². The molecule has 1 unspecified atom stereocenters. The lowest BCUT2D eigenvalue weighted by molar-refractivity contribution is -0.130. The van der Waals surface area contributed by atoms with Gasteiger partial charge in [0.05, 0.1) is 4.90 Å². The zero-order chi connectivity index (χ0) is 24.3. The van der Waals surface area contributed by atoms with E-state index in [1.807, 2.05) is 38.1 Å². The van der Waals surface area contributed by atoms with Crippen LogP contribution in [-0.2, 0) is 19.6 Å². The molecular weight excluding hydrogens is 470 g/mol. The van der Waals surface area contributed by atoms with E-state index < -0.39 is 15.3 Å². The van der Waals surface area contributed by atoms with E-state index in [9.17, 15) is 18.0 Å². The first kappa shape index (κ1) is 24.5. The molecule has 4 rings (SSSR count). The predicted molar refractivity (Wildman–Crippen MR) is 135 cm³/mol. The molecule has 2 aromatic rings. The Morgan fingerprint density at radius 2 is 1.74 bits per heavy atom. The van der Waals surface area contributed by atoms with E-state index in [1.54, 1.807) is 17.0 Å². The third kappa shape index (κ3) is 5.52. The summed E-state index contributed by atoms with van der Waals surface area (Å²) in [6.07, 6.45) is 4.62. The van der Waals surface area contributed by atoms with Gasteiger partial charge in [-0.1, -0.05) is 66.9 Å². The lowest BCUT2D eigenvalue weighted by atomic mass is 9.94. The highest BCUT2D eigenvalue weighted by atomic mass is 32.2. The van der Waals surface area contributed by atoms with Crippen molar-refractivity contribution in [1.82, 2.24) is 4.90 Å². The molecule has 1 saturated heterocycles. The highest BCUT2D eigenvalue weighted by molar-refractivity contribution is 8.16. The minimum Gasteiger partial charge on any atom is -0.326 e. The summed E-state index contributed by atoms with van der Waals surface area (Å²) in [7, 11) is -3.99. The van der Waals surface area contributed by atoms with Crippen molar-refractivity contribution >= 4 is 44.5 Å². The summed E-state index contributed by atoms with van der Waals surface area (Å²) < 4.78 is 30.1. The number of amides is 2. The van der Waals surface area contributed by atoms with Gasteiger partial charge in [0, 0.05) is 18.2 Å². The van der Waals surface area contributed by atoms with E-state index in [2.05, 4.69) is 9.71 Å². The normalized spacial score (nSPS) is 20.6. The Hall–Kier alpha value is -2.65. The molecule has 1 aliphatic heterocycles. The van der Waals surface area contributed by atoms with E-state index in [4.69, 9.17) is 0 Å². The molecule has 0 aromatic heterocycles. The quantitative estimate of drug-likeness (QED) is 0.624. The number of para-hydroxylation sites is 1. The maximum absolute atomic E-state index is 13.4. The summed E-state index contributed by atoms with van der Waals surface area (Å²) in [4.78, 5) is 27.8. The van der Waals surface area contributed by atoms with Gasteiger partial charge in [0.25, 0.3) is 10.0 Å². The van der Waals surface area contributed by atoms with Crippen LogP contribution in [0.15, 0.2) is 57.8 Å². The Bertz CT molecular complexity index is 1200. The van der Waals surface area contributed by atoms with Gasteiger partial charge in [-0.15, -0.1) is 4.40 Å². The number of amidine groups is 1. The maximum atomic E-state index is 13.4.